The van der Waals surface area contributed by atoms with Crippen LogP contribution in [0.2, 0.25) is 0 Å². The third kappa shape index (κ3) is 3.07. The molecule has 0 heterocycles. The number of carbonyl (C=O) groups is 1. The van der Waals surface area contributed by atoms with Gasteiger partial charge in [-0.3, -0.25) is 4.79 Å². The first-order valence-electron chi connectivity index (χ1n) is 6.56. The summed E-state index contributed by atoms with van der Waals surface area (Å²) in [5.41, 5.74) is 0.904. The molecule has 1 saturated carbocycles. The van der Waals surface area contributed by atoms with Gasteiger partial charge in [0.25, 0.3) is 5.91 Å². The van der Waals surface area contributed by atoms with Crippen LogP contribution in [0, 0.1) is 12.3 Å². The molecule has 2 unspecified atom stereocenters. The molecule has 0 aliphatic heterocycles. The number of amides is 1. The maximum absolute atomic E-state index is 11.8. The summed E-state index contributed by atoms with van der Waals surface area (Å²) >= 11 is 0. The molecule has 2 rings (SSSR count). The number of carbonyl (C=O) groups excluding carboxylic acids is 1. The fourth-order valence-corrected chi connectivity index (χ4v) is 2.17. The van der Waals surface area contributed by atoms with Crippen molar-refractivity contribution in [3.63, 3.8) is 0 Å². The Labute approximate surface area is 113 Å². The van der Waals surface area contributed by atoms with E-state index < -0.39 is 0 Å². The lowest BCUT2D eigenvalue weighted by atomic mass is 9.64. The minimum Gasteiger partial charge on any atom is -0.484 e. The molecule has 0 radical (unpaired) electrons. The lowest BCUT2D eigenvalue weighted by Gasteiger charge is -2.49. The van der Waals surface area contributed by atoms with Crippen molar-refractivity contribution in [2.75, 3.05) is 6.61 Å². The molecule has 1 amide bonds. The molecular weight excluding hydrogens is 242 g/mol. The second-order valence-electron chi connectivity index (χ2n) is 5.79. The van der Waals surface area contributed by atoms with Crippen LogP contribution in [-0.2, 0) is 4.79 Å². The Morgan fingerprint density at radius 2 is 2.05 bits per heavy atom. The summed E-state index contributed by atoms with van der Waals surface area (Å²) in [5.74, 6) is 0.541. The summed E-state index contributed by atoms with van der Waals surface area (Å²) in [5, 5.41) is 12.5. The van der Waals surface area contributed by atoms with Gasteiger partial charge in [-0.05, 0) is 25.5 Å². The molecule has 1 aromatic carbocycles. The first-order chi connectivity index (χ1) is 8.89. The number of aliphatic hydroxyl groups is 1. The predicted molar refractivity (Wildman–Crippen MR) is 73.0 cm³/mol. The van der Waals surface area contributed by atoms with Crippen molar-refractivity contribution >= 4 is 5.91 Å². The molecule has 4 nitrogen and oxygen atoms in total. The summed E-state index contributed by atoms with van der Waals surface area (Å²) in [4.78, 5) is 11.8. The number of aliphatic hydroxyl groups excluding tert-OH is 1. The molecule has 0 bridgehead atoms. The number of ether oxygens (including phenoxy) is 1. The van der Waals surface area contributed by atoms with E-state index in [0.717, 1.165) is 5.56 Å². The highest BCUT2D eigenvalue weighted by molar-refractivity contribution is 5.78. The Hall–Kier alpha value is -1.55. The zero-order valence-corrected chi connectivity index (χ0v) is 11.6. The molecule has 104 valence electrons. The van der Waals surface area contributed by atoms with E-state index in [1.807, 2.05) is 45.0 Å². The molecular formula is C15H21NO3. The van der Waals surface area contributed by atoms with Gasteiger partial charge in [-0.25, -0.2) is 0 Å². The summed E-state index contributed by atoms with van der Waals surface area (Å²) in [6, 6.07) is 7.60. The SMILES string of the molecule is Cc1ccc(OCC(=O)NC2CC(O)C2(C)C)cc1. The maximum atomic E-state index is 11.8. The molecule has 0 saturated heterocycles. The van der Waals surface area contributed by atoms with Crippen LogP contribution in [-0.4, -0.2) is 29.8 Å². The van der Waals surface area contributed by atoms with Crippen LogP contribution in [0.25, 0.3) is 0 Å². The van der Waals surface area contributed by atoms with E-state index in [9.17, 15) is 9.90 Å². The average molecular weight is 263 g/mol. The molecule has 4 heteroatoms. The van der Waals surface area contributed by atoms with Gasteiger partial charge in [-0.2, -0.15) is 0 Å². The number of hydrogen-bond donors (Lipinski definition) is 2. The van der Waals surface area contributed by atoms with E-state index in [1.165, 1.54) is 0 Å². The van der Waals surface area contributed by atoms with Crippen molar-refractivity contribution < 1.29 is 14.6 Å². The topological polar surface area (TPSA) is 58.6 Å². The van der Waals surface area contributed by atoms with E-state index >= 15 is 0 Å². The van der Waals surface area contributed by atoms with Gasteiger partial charge in [0, 0.05) is 11.5 Å². The average Bonchev–Trinajstić information content (AvgIpc) is 2.38. The van der Waals surface area contributed by atoms with Crippen molar-refractivity contribution in [2.45, 2.75) is 39.3 Å². The summed E-state index contributed by atoms with van der Waals surface area (Å²) in [7, 11) is 0. The Bertz CT molecular complexity index is 453. The highest BCUT2D eigenvalue weighted by Gasteiger charge is 2.47. The van der Waals surface area contributed by atoms with Crippen LogP contribution in [0.3, 0.4) is 0 Å². The van der Waals surface area contributed by atoms with Crippen LogP contribution < -0.4 is 10.1 Å². The van der Waals surface area contributed by atoms with Gasteiger partial charge < -0.3 is 15.2 Å². The monoisotopic (exact) mass is 263 g/mol. The predicted octanol–water partition coefficient (Wildman–Crippen LogP) is 1.65. The van der Waals surface area contributed by atoms with E-state index in [1.54, 1.807) is 0 Å². The van der Waals surface area contributed by atoms with E-state index in [0.29, 0.717) is 12.2 Å². The molecule has 1 aromatic rings. The normalized spacial score (nSPS) is 24.4. The summed E-state index contributed by atoms with van der Waals surface area (Å²) < 4.78 is 5.41. The van der Waals surface area contributed by atoms with E-state index in [4.69, 9.17) is 4.74 Å². The number of nitrogens with one attached hydrogen (secondary N) is 1. The fraction of sp³-hybridized carbons (Fsp3) is 0.533. The molecule has 1 fully saturated rings. The lowest BCUT2D eigenvalue weighted by Crippen LogP contribution is -2.61. The summed E-state index contributed by atoms with van der Waals surface area (Å²) in [6.07, 6.45) is 0.277. The maximum Gasteiger partial charge on any atom is 0.258 e. The van der Waals surface area contributed by atoms with Crippen molar-refractivity contribution in [1.29, 1.82) is 0 Å². The number of aryl methyl sites for hydroxylation is 1. The molecule has 1 aliphatic carbocycles. The smallest absolute Gasteiger partial charge is 0.258 e. The van der Waals surface area contributed by atoms with E-state index in [2.05, 4.69) is 5.32 Å². The third-order valence-corrected chi connectivity index (χ3v) is 3.94. The minimum absolute atomic E-state index is 0.00569. The Balaban J connectivity index is 1.78. The highest BCUT2D eigenvalue weighted by atomic mass is 16.5. The number of hydrogen-bond acceptors (Lipinski definition) is 3. The van der Waals surface area contributed by atoms with Gasteiger partial charge in [0.1, 0.15) is 5.75 Å². The Kier molecular flexibility index (Phi) is 3.80. The van der Waals surface area contributed by atoms with Crippen molar-refractivity contribution in [3.8, 4) is 5.75 Å². The number of rotatable bonds is 4. The van der Waals surface area contributed by atoms with Crippen LogP contribution in [0.15, 0.2) is 24.3 Å². The zero-order valence-electron chi connectivity index (χ0n) is 11.6. The quantitative estimate of drug-likeness (QED) is 0.868. The first kappa shape index (κ1) is 13.9. The van der Waals surface area contributed by atoms with Crippen LogP contribution in [0.5, 0.6) is 5.75 Å². The van der Waals surface area contributed by atoms with Crippen LogP contribution in [0.4, 0.5) is 0 Å². The second-order valence-corrected chi connectivity index (χ2v) is 5.79. The Morgan fingerprint density at radius 1 is 1.42 bits per heavy atom. The molecule has 2 atom stereocenters. The van der Waals surface area contributed by atoms with Gasteiger partial charge in [0.2, 0.25) is 0 Å². The van der Waals surface area contributed by atoms with Crippen LogP contribution in [0.1, 0.15) is 25.8 Å². The molecule has 0 spiro atoms. The molecule has 19 heavy (non-hydrogen) atoms. The van der Waals surface area contributed by atoms with Gasteiger partial charge in [-0.1, -0.05) is 31.5 Å². The third-order valence-electron chi connectivity index (χ3n) is 3.94. The lowest BCUT2D eigenvalue weighted by molar-refractivity contribution is -0.131. The standard InChI is InChI=1S/C15H21NO3/c1-10-4-6-11(7-5-10)19-9-14(18)16-12-8-13(17)15(12,2)3/h4-7,12-13,17H,8-9H2,1-3H3,(H,16,18). The number of benzene rings is 1. The van der Waals surface area contributed by atoms with Crippen molar-refractivity contribution in [3.05, 3.63) is 29.8 Å². The first-order valence-corrected chi connectivity index (χ1v) is 6.56. The molecule has 2 N–H and O–H groups in total. The van der Waals surface area contributed by atoms with Gasteiger partial charge >= 0.3 is 0 Å². The second kappa shape index (κ2) is 5.21. The Morgan fingerprint density at radius 3 is 2.58 bits per heavy atom. The minimum atomic E-state index is -0.337. The summed E-state index contributed by atoms with van der Waals surface area (Å²) in [6.45, 7) is 5.91. The van der Waals surface area contributed by atoms with Crippen molar-refractivity contribution in [1.82, 2.24) is 5.32 Å². The van der Waals surface area contributed by atoms with Crippen LogP contribution >= 0.6 is 0 Å². The van der Waals surface area contributed by atoms with Crippen molar-refractivity contribution in [2.24, 2.45) is 5.41 Å². The van der Waals surface area contributed by atoms with E-state index in [-0.39, 0.29) is 30.1 Å². The van der Waals surface area contributed by atoms with Gasteiger partial charge in [0.15, 0.2) is 6.61 Å². The highest BCUT2D eigenvalue weighted by Crippen LogP contribution is 2.40. The van der Waals surface area contributed by atoms with Gasteiger partial charge in [-0.15, -0.1) is 0 Å². The molecule has 0 aromatic heterocycles. The molecule has 1 aliphatic rings. The zero-order chi connectivity index (χ0) is 14.0. The fourth-order valence-electron chi connectivity index (χ4n) is 2.17. The largest absolute Gasteiger partial charge is 0.484 e. The van der Waals surface area contributed by atoms with Gasteiger partial charge in [0.05, 0.1) is 6.10 Å².